The Labute approximate surface area is 200 Å². The molecule has 0 aliphatic rings. The Hall–Kier alpha value is -4.18. The van der Waals surface area contributed by atoms with Gasteiger partial charge in [0.2, 0.25) is 11.7 Å². The molecule has 0 saturated heterocycles. The molecule has 5 rings (SSSR count). The maximum Gasteiger partial charge on any atom is 0.416 e. The summed E-state index contributed by atoms with van der Waals surface area (Å²) in [4.78, 5) is 18.8. The van der Waals surface area contributed by atoms with Crippen LogP contribution in [-0.2, 0) is 10.9 Å². The van der Waals surface area contributed by atoms with Crippen LogP contribution in [0.5, 0.6) is 11.5 Å². The van der Waals surface area contributed by atoms with Gasteiger partial charge in [0.15, 0.2) is 11.3 Å². The number of furan rings is 1. The lowest BCUT2D eigenvalue weighted by Crippen LogP contribution is -2.04. The highest BCUT2D eigenvalue weighted by atomic mass is 35.5. The SMILES string of the molecule is COC(=O)c1cc2cccc(Oc3ccc(Nc4nc5cc(C(F)(F)F)cc(Cl)c5[nH]4)cc3)c2o1. The number of carbonyl (C=O) groups is 1. The summed E-state index contributed by atoms with van der Waals surface area (Å²) in [5, 5.41) is 3.59. The summed E-state index contributed by atoms with van der Waals surface area (Å²) in [6, 6.07) is 15.4. The number of aromatic amines is 1. The van der Waals surface area contributed by atoms with Gasteiger partial charge in [-0.1, -0.05) is 23.7 Å². The van der Waals surface area contributed by atoms with Crippen molar-refractivity contribution < 1.29 is 31.9 Å². The first-order chi connectivity index (χ1) is 16.7. The van der Waals surface area contributed by atoms with Crippen molar-refractivity contribution in [3.05, 3.63) is 77.0 Å². The Morgan fingerprint density at radius 2 is 1.89 bits per heavy atom. The molecular formula is C24H15ClF3N3O4. The molecule has 0 unspecified atom stereocenters. The summed E-state index contributed by atoms with van der Waals surface area (Å²) < 4.78 is 55.3. The zero-order valence-corrected chi connectivity index (χ0v) is 18.6. The lowest BCUT2D eigenvalue weighted by Gasteiger charge is -2.08. The summed E-state index contributed by atoms with van der Waals surface area (Å²) in [5.74, 6) is 0.591. The molecule has 0 bridgehead atoms. The van der Waals surface area contributed by atoms with Gasteiger partial charge in [0.05, 0.1) is 28.7 Å². The van der Waals surface area contributed by atoms with E-state index in [0.717, 1.165) is 12.1 Å². The van der Waals surface area contributed by atoms with Crippen molar-refractivity contribution in [3.8, 4) is 11.5 Å². The monoisotopic (exact) mass is 501 g/mol. The lowest BCUT2D eigenvalue weighted by molar-refractivity contribution is -0.137. The van der Waals surface area contributed by atoms with Crippen LogP contribution in [0.1, 0.15) is 16.1 Å². The van der Waals surface area contributed by atoms with Gasteiger partial charge in [0.1, 0.15) is 5.75 Å². The Kier molecular flexibility index (Phi) is 5.52. The highest BCUT2D eigenvalue weighted by molar-refractivity contribution is 6.35. The minimum Gasteiger partial charge on any atom is -0.463 e. The van der Waals surface area contributed by atoms with E-state index in [1.54, 1.807) is 48.5 Å². The van der Waals surface area contributed by atoms with Crippen LogP contribution in [0, 0.1) is 0 Å². The molecule has 3 aromatic carbocycles. The van der Waals surface area contributed by atoms with E-state index in [1.807, 2.05) is 0 Å². The molecule has 11 heteroatoms. The Morgan fingerprint density at radius 1 is 1.11 bits per heavy atom. The van der Waals surface area contributed by atoms with Crippen molar-refractivity contribution in [3.63, 3.8) is 0 Å². The smallest absolute Gasteiger partial charge is 0.416 e. The molecule has 0 radical (unpaired) electrons. The third-order valence-electron chi connectivity index (χ3n) is 5.11. The average molecular weight is 502 g/mol. The quantitative estimate of drug-likeness (QED) is 0.245. The molecule has 178 valence electrons. The van der Waals surface area contributed by atoms with Gasteiger partial charge < -0.3 is 24.2 Å². The topological polar surface area (TPSA) is 89.4 Å². The summed E-state index contributed by atoms with van der Waals surface area (Å²) in [6.45, 7) is 0. The minimum absolute atomic E-state index is 0.0615. The number of hydrogen-bond acceptors (Lipinski definition) is 6. The molecule has 7 nitrogen and oxygen atoms in total. The predicted molar refractivity (Wildman–Crippen MR) is 123 cm³/mol. The van der Waals surface area contributed by atoms with Crippen molar-refractivity contribution in [2.24, 2.45) is 0 Å². The van der Waals surface area contributed by atoms with Crippen LogP contribution in [-0.4, -0.2) is 23.0 Å². The first-order valence-electron chi connectivity index (χ1n) is 10.1. The number of rotatable bonds is 5. The number of fused-ring (bicyclic) bond motifs is 2. The number of hydrogen-bond donors (Lipinski definition) is 2. The number of ether oxygens (including phenoxy) is 2. The fraction of sp³-hybridized carbons (Fsp3) is 0.0833. The van der Waals surface area contributed by atoms with Gasteiger partial charge in [-0.05, 0) is 48.5 Å². The molecule has 0 saturated carbocycles. The van der Waals surface area contributed by atoms with Crippen molar-refractivity contribution in [1.29, 1.82) is 0 Å². The molecule has 0 aliphatic heterocycles. The summed E-state index contributed by atoms with van der Waals surface area (Å²) in [7, 11) is 1.27. The van der Waals surface area contributed by atoms with Gasteiger partial charge in [-0.2, -0.15) is 13.2 Å². The number of imidazole rings is 1. The van der Waals surface area contributed by atoms with Gasteiger partial charge >= 0.3 is 12.1 Å². The molecule has 0 amide bonds. The molecule has 2 heterocycles. The van der Waals surface area contributed by atoms with E-state index in [2.05, 4.69) is 20.0 Å². The number of nitrogens with one attached hydrogen (secondary N) is 2. The molecule has 0 aliphatic carbocycles. The normalized spacial score (nSPS) is 11.7. The first-order valence-corrected chi connectivity index (χ1v) is 10.5. The van der Waals surface area contributed by atoms with E-state index in [0.29, 0.717) is 33.7 Å². The number of H-pyrrole nitrogens is 1. The Bertz CT molecular complexity index is 1560. The molecule has 0 spiro atoms. The summed E-state index contributed by atoms with van der Waals surface area (Å²) in [6.07, 6.45) is -4.53. The third kappa shape index (κ3) is 4.47. The number of esters is 1. The van der Waals surface area contributed by atoms with Crippen LogP contribution in [0.25, 0.3) is 22.0 Å². The van der Waals surface area contributed by atoms with Gasteiger partial charge in [-0.25, -0.2) is 9.78 Å². The van der Waals surface area contributed by atoms with Crippen LogP contribution in [0.2, 0.25) is 5.02 Å². The second-order valence-electron chi connectivity index (χ2n) is 7.46. The molecule has 2 N–H and O–H groups in total. The maximum absolute atomic E-state index is 13.0. The van der Waals surface area contributed by atoms with E-state index in [4.69, 9.17) is 20.8 Å². The molecular weight excluding hydrogens is 487 g/mol. The van der Waals surface area contributed by atoms with Gasteiger partial charge in [-0.15, -0.1) is 0 Å². The fourth-order valence-electron chi connectivity index (χ4n) is 3.48. The van der Waals surface area contributed by atoms with Crippen LogP contribution in [0.4, 0.5) is 24.8 Å². The van der Waals surface area contributed by atoms with Crippen molar-refractivity contribution in [2.75, 3.05) is 12.4 Å². The fourth-order valence-corrected chi connectivity index (χ4v) is 3.74. The zero-order valence-electron chi connectivity index (χ0n) is 17.9. The summed E-state index contributed by atoms with van der Waals surface area (Å²) in [5.41, 5.74) is 0.505. The number of benzene rings is 3. The zero-order chi connectivity index (χ0) is 24.7. The average Bonchev–Trinajstić information content (AvgIpc) is 3.44. The molecule has 0 atom stereocenters. The maximum atomic E-state index is 13.0. The van der Waals surface area contributed by atoms with Crippen molar-refractivity contribution in [2.45, 2.75) is 6.18 Å². The number of methoxy groups -OCH3 is 1. The van der Waals surface area contributed by atoms with Gasteiger partial charge in [0.25, 0.3) is 0 Å². The third-order valence-corrected chi connectivity index (χ3v) is 5.41. The molecule has 2 aromatic heterocycles. The molecule has 35 heavy (non-hydrogen) atoms. The number of nitrogens with zero attached hydrogens (tertiary/aromatic N) is 1. The number of aromatic nitrogens is 2. The van der Waals surface area contributed by atoms with E-state index in [-0.39, 0.29) is 22.2 Å². The second-order valence-corrected chi connectivity index (χ2v) is 7.87. The van der Waals surface area contributed by atoms with Crippen LogP contribution < -0.4 is 10.1 Å². The van der Waals surface area contributed by atoms with E-state index >= 15 is 0 Å². The first kappa shape index (κ1) is 22.6. The van der Waals surface area contributed by atoms with Crippen molar-refractivity contribution >= 4 is 51.2 Å². The van der Waals surface area contributed by atoms with Crippen LogP contribution >= 0.6 is 11.6 Å². The van der Waals surface area contributed by atoms with Crippen LogP contribution in [0.15, 0.2) is 65.1 Å². The number of carbonyl (C=O) groups excluding carboxylic acids is 1. The highest BCUT2D eigenvalue weighted by Crippen LogP contribution is 2.36. The predicted octanol–water partition coefficient (Wildman–Crippen LogP) is 7.30. The minimum atomic E-state index is -4.53. The Morgan fingerprint density at radius 3 is 2.60 bits per heavy atom. The van der Waals surface area contributed by atoms with Crippen LogP contribution in [0.3, 0.4) is 0 Å². The van der Waals surface area contributed by atoms with E-state index in [1.165, 1.54) is 7.11 Å². The lowest BCUT2D eigenvalue weighted by atomic mass is 10.2. The number of anilines is 2. The highest BCUT2D eigenvalue weighted by Gasteiger charge is 2.31. The van der Waals surface area contributed by atoms with Gasteiger partial charge in [-0.3, -0.25) is 0 Å². The standard InChI is InChI=1S/C24H15ClF3N3O4/c1-33-22(32)19-9-12-3-2-4-18(21(12)35-19)34-15-7-5-14(6-8-15)29-23-30-17-11-13(24(26,27)28)10-16(25)20(17)31-23/h2-11H,1H3,(H2,29,30,31). The Balaban J connectivity index is 1.35. The van der Waals surface area contributed by atoms with E-state index < -0.39 is 17.7 Å². The number of alkyl halides is 3. The summed E-state index contributed by atoms with van der Waals surface area (Å²) >= 11 is 6.00. The molecule has 0 fully saturated rings. The second kappa shape index (κ2) is 8.55. The van der Waals surface area contributed by atoms with Crippen molar-refractivity contribution in [1.82, 2.24) is 9.97 Å². The molecule has 5 aromatic rings. The number of para-hydroxylation sites is 1. The largest absolute Gasteiger partial charge is 0.463 e. The van der Waals surface area contributed by atoms with E-state index in [9.17, 15) is 18.0 Å². The number of halogens is 4. The van der Waals surface area contributed by atoms with Gasteiger partial charge in [0, 0.05) is 11.1 Å².